The highest BCUT2D eigenvalue weighted by atomic mass is 16.5. The summed E-state index contributed by atoms with van der Waals surface area (Å²) in [6.45, 7) is 1.30. The molecule has 60 heavy (non-hydrogen) atoms. The maximum atomic E-state index is 14.1. The lowest BCUT2D eigenvalue weighted by molar-refractivity contribution is -0.138. The van der Waals surface area contributed by atoms with Crippen LogP contribution in [0.2, 0.25) is 0 Å². The molecule has 2 fully saturated rings. The maximum absolute atomic E-state index is 14.1. The molecule has 4 atom stereocenters. The third kappa shape index (κ3) is 8.00. The van der Waals surface area contributed by atoms with Crippen LogP contribution in [0.25, 0.3) is 33.6 Å². The first kappa shape index (κ1) is 40.4. The summed E-state index contributed by atoms with van der Waals surface area (Å²) in [6.07, 6.45) is 5.19. The molecular weight excluding hydrogens is 753 g/mol. The Balaban J connectivity index is 0.983. The number of aromatic nitrogens is 4. The lowest BCUT2D eigenvalue weighted by atomic mass is 10.0. The van der Waals surface area contributed by atoms with E-state index in [4.69, 9.17) is 14.7 Å². The van der Waals surface area contributed by atoms with Crippen LogP contribution in [-0.4, -0.2) is 106 Å². The predicted molar refractivity (Wildman–Crippen MR) is 231 cm³/mol. The number of likely N-dealkylation sites (N-methyl/N-ethyl adjacent to an activating group) is 2. The zero-order valence-corrected chi connectivity index (χ0v) is 34.8. The number of methoxy groups -OCH3 is 1. The van der Waals surface area contributed by atoms with E-state index in [1.54, 1.807) is 0 Å². The Kier molecular flexibility index (Phi) is 11.8. The molecule has 2 saturated heterocycles. The van der Waals surface area contributed by atoms with Crippen molar-refractivity contribution >= 4 is 17.8 Å². The molecule has 6 aromatic rings. The van der Waals surface area contributed by atoms with E-state index in [0.29, 0.717) is 24.6 Å². The molecule has 2 amide bonds. The summed E-state index contributed by atoms with van der Waals surface area (Å²) in [5.74, 6) is 0.908. The molecule has 2 aromatic heterocycles. The third-order valence-corrected chi connectivity index (χ3v) is 11.8. The Morgan fingerprint density at radius 2 is 1.10 bits per heavy atom. The Morgan fingerprint density at radius 3 is 1.58 bits per heavy atom. The second-order valence-corrected chi connectivity index (χ2v) is 16.1. The number of carbonyl (C=O) groups is 3. The number of aromatic amines is 2. The van der Waals surface area contributed by atoms with Crippen molar-refractivity contribution in [2.45, 2.75) is 49.9 Å². The molecule has 4 heterocycles. The van der Waals surface area contributed by atoms with E-state index in [1.807, 2.05) is 139 Å². The smallest absolute Gasteiger partial charge is 0.358 e. The van der Waals surface area contributed by atoms with Crippen LogP contribution in [0.1, 0.15) is 83.1 Å². The van der Waals surface area contributed by atoms with Gasteiger partial charge in [0.2, 0.25) is 11.8 Å². The average Bonchev–Trinajstić information content (AvgIpc) is 4.11. The number of hydrogen-bond donors (Lipinski definition) is 2. The van der Waals surface area contributed by atoms with E-state index in [9.17, 15) is 14.4 Å². The number of likely N-dealkylation sites (tertiary alicyclic amines) is 2. The van der Waals surface area contributed by atoms with Gasteiger partial charge in [0, 0.05) is 18.7 Å². The van der Waals surface area contributed by atoms with Crippen molar-refractivity contribution in [1.82, 2.24) is 39.5 Å². The van der Waals surface area contributed by atoms with E-state index in [2.05, 4.69) is 34.2 Å². The first-order valence-electron chi connectivity index (χ1n) is 20.6. The SMILES string of the molecule is COC(=O)c1nc(C2CCCN2C(=O)[C@H](c2ccccc2)N(C)C)[nH]c1-c1ccc(-c2ccc(-c3cnc([C@@H]4CCCN4C(=O)[C@@H](c4ccccc4)N(C)C)[nH]3)cc2)cc1. The van der Waals surface area contributed by atoms with Gasteiger partial charge in [-0.25, -0.2) is 14.8 Å². The zero-order valence-electron chi connectivity index (χ0n) is 34.8. The number of ether oxygens (including phenoxy) is 1. The number of H-pyrrole nitrogens is 2. The lowest BCUT2D eigenvalue weighted by Gasteiger charge is -2.31. The van der Waals surface area contributed by atoms with Crippen molar-refractivity contribution in [2.75, 3.05) is 48.4 Å². The largest absolute Gasteiger partial charge is 0.464 e. The molecule has 308 valence electrons. The quantitative estimate of drug-likeness (QED) is 0.120. The summed E-state index contributed by atoms with van der Waals surface area (Å²) in [5.41, 5.74) is 7.36. The summed E-state index contributed by atoms with van der Waals surface area (Å²) < 4.78 is 5.16. The molecule has 8 rings (SSSR count). The van der Waals surface area contributed by atoms with Crippen molar-refractivity contribution < 1.29 is 19.1 Å². The number of amides is 2. The van der Waals surface area contributed by atoms with Crippen LogP contribution in [0.15, 0.2) is 115 Å². The van der Waals surface area contributed by atoms with Gasteiger partial charge in [-0.05, 0) is 81.7 Å². The molecule has 12 nitrogen and oxygen atoms in total. The fourth-order valence-electron chi connectivity index (χ4n) is 8.86. The minimum Gasteiger partial charge on any atom is -0.464 e. The number of benzene rings is 4. The van der Waals surface area contributed by atoms with E-state index in [-0.39, 0.29) is 35.6 Å². The molecule has 4 aromatic carbocycles. The van der Waals surface area contributed by atoms with Crippen molar-refractivity contribution in [1.29, 1.82) is 0 Å². The van der Waals surface area contributed by atoms with Crippen LogP contribution in [0, 0.1) is 0 Å². The molecule has 2 N–H and O–H groups in total. The Labute approximate surface area is 351 Å². The summed E-state index contributed by atoms with van der Waals surface area (Å²) in [5, 5.41) is 0. The van der Waals surface area contributed by atoms with Crippen LogP contribution in [0.3, 0.4) is 0 Å². The maximum Gasteiger partial charge on any atom is 0.358 e. The van der Waals surface area contributed by atoms with Gasteiger partial charge in [0.15, 0.2) is 5.69 Å². The van der Waals surface area contributed by atoms with Gasteiger partial charge in [0.1, 0.15) is 23.7 Å². The minimum atomic E-state index is -0.544. The second kappa shape index (κ2) is 17.5. The monoisotopic (exact) mass is 804 g/mol. The molecule has 2 aliphatic heterocycles. The molecule has 0 saturated carbocycles. The molecule has 0 radical (unpaired) electrons. The molecule has 0 spiro atoms. The number of imidazole rings is 2. The number of nitrogens with zero attached hydrogens (tertiary/aromatic N) is 6. The van der Waals surface area contributed by atoms with Crippen molar-refractivity contribution in [3.05, 3.63) is 144 Å². The van der Waals surface area contributed by atoms with E-state index in [1.165, 1.54) is 7.11 Å². The Bertz CT molecular complexity index is 2430. The minimum absolute atomic E-state index is 0.000565. The van der Waals surface area contributed by atoms with Gasteiger partial charge in [-0.15, -0.1) is 0 Å². The van der Waals surface area contributed by atoms with Crippen LogP contribution in [0.4, 0.5) is 0 Å². The van der Waals surface area contributed by atoms with Crippen molar-refractivity contribution in [3.8, 4) is 33.6 Å². The highest BCUT2D eigenvalue weighted by Gasteiger charge is 2.39. The molecule has 0 bridgehead atoms. The Morgan fingerprint density at radius 1 is 0.633 bits per heavy atom. The number of hydrogen-bond acceptors (Lipinski definition) is 8. The standard InChI is InChI=1S/C48H52N8O4/c1-53(2)42(35-14-8-6-9-15-35)46(57)55-28-12-18-38(55)44-49-30-37(50-44)33-24-20-31(21-25-33)32-22-26-34(27-23-32)40-41(48(59)60-5)52-45(51-40)39-19-13-29-56(39)47(58)43(54(3)4)36-16-10-7-11-17-36/h6-11,14-17,20-27,30,38-39,42-43H,12-13,18-19,28-29H2,1-5H3,(H,49,50)(H,51,52)/t38-,39?,42+,43-/m0/s1. The second-order valence-electron chi connectivity index (χ2n) is 16.1. The van der Waals surface area contributed by atoms with Gasteiger partial charge in [-0.1, -0.05) is 109 Å². The van der Waals surface area contributed by atoms with Gasteiger partial charge in [-0.3, -0.25) is 19.4 Å². The Hall–Kier alpha value is -6.37. The molecule has 0 aliphatic carbocycles. The van der Waals surface area contributed by atoms with E-state index >= 15 is 0 Å². The number of rotatable bonds is 12. The summed E-state index contributed by atoms with van der Waals surface area (Å²) in [6, 6.07) is 34.8. The van der Waals surface area contributed by atoms with Crippen LogP contribution in [0.5, 0.6) is 0 Å². The van der Waals surface area contributed by atoms with Crippen LogP contribution in [-0.2, 0) is 14.3 Å². The fourth-order valence-corrected chi connectivity index (χ4v) is 8.86. The highest BCUT2D eigenvalue weighted by Crippen LogP contribution is 2.38. The van der Waals surface area contributed by atoms with E-state index < -0.39 is 12.0 Å². The average molecular weight is 805 g/mol. The third-order valence-electron chi connectivity index (χ3n) is 11.8. The van der Waals surface area contributed by atoms with Gasteiger partial charge in [0.05, 0.1) is 36.8 Å². The number of carbonyl (C=O) groups excluding carboxylic acids is 3. The topological polar surface area (TPSA) is 131 Å². The molecule has 1 unspecified atom stereocenters. The van der Waals surface area contributed by atoms with Crippen LogP contribution >= 0.6 is 0 Å². The normalized spacial score (nSPS) is 17.6. The summed E-state index contributed by atoms with van der Waals surface area (Å²) >= 11 is 0. The number of nitrogens with one attached hydrogen (secondary N) is 2. The first-order chi connectivity index (χ1) is 29.1. The van der Waals surface area contributed by atoms with Gasteiger partial charge >= 0.3 is 5.97 Å². The van der Waals surface area contributed by atoms with Crippen LogP contribution < -0.4 is 0 Å². The predicted octanol–water partition coefficient (Wildman–Crippen LogP) is 7.85. The summed E-state index contributed by atoms with van der Waals surface area (Å²) in [7, 11) is 9.07. The zero-order chi connectivity index (χ0) is 41.9. The molecule has 12 heteroatoms. The first-order valence-corrected chi connectivity index (χ1v) is 20.6. The highest BCUT2D eigenvalue weighted by molar-refractivity contribution is 5.94. The summed E-state index contributed by atoms with van der Waals surface area (Å²) in [4.78, 5) is 65.4. The molecule has 2 aliphatic rings. The van der Waals surface area contributed by atoms with E-state index in [0.717, 1.165) is 70.6 Å². The fraction of sp³-hybridized carbons (Fsp3) is 0.312. The van der Waals surface area contributed by atoms with Gasteiger partial charge in [-0.2, -0.15) is 0 Å². The van der Waals surface area contributed by atoms with Crippen molar-refractivity contribution in [3.63, 3.8) is 0 Å². The van der Waals surface area contributed by atoms with Gasteiger partial charge < -0.3 is 24.5 Å². The van der Waals surface area contributed by atoms with Gasteiger partial charge in [0.25, 0.3) is 0 Å². The number of esters is 1. The van der Waals surface area contributed by atoms with Crippen molar-refractivity contribution in [2.24, 2.45) is 0 Å². The molecular formula is C48H52N8O4. The lowest BCUT2D eigenvalue weighted by Crippen LogP contribution is -2.40.